The maximum Gasteiger partial charge on any atom is 0.255 e. The highest BCUT2D eigenvalue weighted by Crippen LogP contribution is 2.23. The van der Waals surface area contributed by atoms with Crippen molar-refractivity contribution in [3.63, 3.8) is 0 Å². The summed E-state index contributed by atoms with van der Waals surface area (Å²) in [6.45, 7) is 6.35. The number of halogens is 1. The smallest absolute Gasteiger partial charge is 0.255 e. The molecule has 1 amide bonds. The van der Waals surface area contributed by atoms with E-state index < -0.39 is 0 Å². The molecule has 6 heteroatoms. The molecule has 0 radical (unpaired) electrons. The Morgan fingerprint density at radius 3 is 2.38 bits per heavy atom. The number of carbonyl (C=O) groups excluding carboxylic acids is 1. The summed E-state index contributed by atoms with van der Waals surface area (Å²) >= 11 is 0. The number of hydrogen-bond donors (Lipinski definition) is 1. The van der Waals surface area contributed by atoms with E-state index in [2.05, 4.69) is 4.57 Å². The first kappa shape index (κ1) is 20.1. The molecule has 1 aromatic carbocycles. The molecule has 0 aliphatic heterocycles. The number of ether oxygens (including phenoxy) is 1. The lowest BCUT2D eigenvalue weighted by molar-refractivity contribution is 0.0747. The Hall–Kier alpha value is -1.98. The summed E-state index contributed by atoms with van der Waals surface area (Å²) in [4.78, 5) is 14.4. The summed E-state index contributed by atoms with van der Waals surface area (Å²) in [5.74, 6) is 0.805. The van der Waals surface area contributed by atoms with Crippen LogP contribution in [0.2, 0.25) is 0 Å². The summed E-state index contributed by atoms with van der Waals surface area (Å²) in [5.41, 5.74) is 9.33. The summed E-state index contributed by atoms with van der Waals surface area (Å²) in [7, 11) is 3.44. The zero-order chi connectivity index (χ0) is 17.1. The van der Waals surface area contributed by atoms with Gasteiger partial charge >= 0.3 is 0 Å². The highest BCUT2D eigenvalue weighted by molar-refractivity contribution is 5.96. The summed E-state index contributed by atoms with van der Waals surface area (Å²) < 4.78 is 7.27. The molecule has 0 aliphatic rings. The third-order valence-electron chi connectivity index (χ3n) is 4.31. The second-order valence-electron chi connectivity index (χ2n) is 5.82. The van der Waals surface area contributed by atoms with E-state index in [0.717, 1.165) is 22.8 Å². The van der Waals surface area contributed by atoms with Crippen molar-refractivity contribution in [2.45, 2.75) is 26.8 Å². The van der Waals surface area contributed by atoms with Gasteiger partial charge in [-0.2, -0.15) is 0 Å². The van der Waals surface area contributed by atoms with Crippen LogP contribution in [0.25, 0.3) is 5.69 Å². The molecular formula is C18H26ClN3O2. The Bertz CT molecular complexity index is 695. The van der Waals surface area contributed by atoms with Crippen LogP contribution in [0.3, 0.4) is 0 Å². The number of rotatable bonds is 5. The Balaban J connectivity index is 0.00000288. The van der Waals surface area contributed by atoms with Gasteiger partial charge in [-0.05, 0) is 51.1 Å². The molecule has 132 valence electrons. The number of hydrogen-bond acceptors (Lipinski definition) is 3. The normalized spacial score (nSPS) is 11.6. The number of amides is 1. The lowest BCUT2D eigenvalue weighted by Crippen LogP contribution is -2.39. The van der Waals surface area contributed by atoms with E-state index >= 15 is 0 Å². The molecule has 0 aliphatic carbocycles. The number of nitrogens with zero attached hydrogens (tertiary/aromatic N) is 2. The van der Waals surface area contributed by atoms with Crippen LogP contribution in [0.5, 0.6) is 5.75 Å². The first-order valence-electron chi connectivity index (χ1n) is 7.71. The van der Waals surface area contributed by atoms with Gasteiger partial charge in [-0.3, -0.25) is 4.79 Å². The fourth-order valence-electron chi connectivity index (χ4n) is 2.66. The molecule has 0 saturated carbocycles. The predicted molar refractivity (Wildman–Crippen MR) is 99.7 cm³/mol. The molecular weight excluding hydrogens is 326 g/mol. The number of aromatic nitrogens is 1. The van der Waals surface area contributed by atoms with E-state index in [1.165, 1.54) is 0 Å². The summed E-state index contributed by atoms with van der Waals surface area (Å²) in [5, 5.41) is 0. The molecule has 1 atom stereocenters. The van der Waals surface area contributed by atoms with Gasteiger partial charge in [-0.15, -0.1) is 12.4 Å². The van der Waals surface area contributed by atoms with Crippen molar-refractivity contribution in [3.8, 4) is 11.4 Å². The van der Waals surface area contributed by atoms with Crippen LogP contribution in [0.1, 0.15) is 28.7 Å². The number of carbonyl (C=O) groups is 1. The SMILES string of the molecule is COc1ccc(-n2c(C)cc(C(=O)N(C)C(C)CN)c2C)cc1.Cl. The van der Waals surface area contributed by atoms with E-state index in [4.69, 9.17) is 10.5 Å². The first-order valence-corrected chi connectivity index (χ1v) is 7.71. The van der Waals surface area contributed by atoms with Crippen molar-refractivity contribution >= 4 is 18.3 Å². The number of aryl methyl sites for hydroxylation is 1. The molecule has 2 aromatic rings. The average Bonchev–Trinajstić information content (AvgIpc) is 2.87. The van der Waals surface area contributed by atoms with Crippen molar-refractivity contribution in [2.75, 3.05) is 20.7 Å². The van der Waals surface area contributed by atoms with Crippen LogP contribution >= 0.6 is 12.4 Å². The number of nitrogens with two attached hydrogens (primary N) is 1. The van der Waals surface area contributed by atoms with E-state index in [1.54, 1.807) is 19.1 Å². The van der Waals surface area contributed by atoms with E-state index in [9.17, 15) is 4.79 Å². The Morgan fingerprint density at radius 2 is 1.88 bits per heavy atom. The van der Waals surface area contributed by atoms with Crippen molar-refractivity contribution < 1.29 is 9.53 Å². The van der Waals surface area contributed by atoms with E-state index in [0.29, 0.717) is 12.1 Å². The van der Waals surface area contributed by atoms with Crippen LogP contribution in [-0.2, 0) is 0 Å². The third-order valence-corrected chi connectivity index (χ3v) is 4.31. The topological polar surface area (TPSA) is 60.5 Å². The van der Waals surface area contributed by atoms with Gasteiger partial charge in [0.1, 0.15) is 5.75 Å². The van der Waals surface area contributed by atoms with Crippen LogP contribution in [0.4, 0.5) is 0 Å². The predicted octanol–water partition coefficient (Wildman–Crippen LogP) is 2.94. The van der Waals surface area contributed by atoms with Gasteiger partial charge in [0.25, 0.3) is 5.91 Å². The minimum Gasteiger partial charge on any atom is -0.497 e. The Morgan fingerprint density at radius 1 is 1.29 bits per heavy atom. The minimum absolute atomic E-state index is 0. The number of methoxy groups -OCH3 is 1. The van der Waals surface area contributed by atoms with Crippen molar-refractivity contribution in [1.82, 2.24) is 9.47 Å². The first-order chi connectivity index (χ1) is 10.9. The monoisotopic (exact) mass is 351 g/mol. The second-order valence-corrected chi connectivity index (χ2v) is 5.82. The highest BCUT2D eigenvalue weighted by atomic mass is 35.5. The van der Waals surface area contributed by atoms with Crippen molar-refractivity contribution in [1.29, 1.82) is 0 Å². The zero-order valence-corrected chi connectivity index (χ0v) is 15.7. The minimum atomic E-state index is -0.00388. The molecule has 24 heavy (non-hydrogen) atoms. The largest absolute Gasteiger partial charge is 0.497 e. The highest BCUT2D eigenvalue weighted by Gasteiger charge is 2.22. The van der Waals surface area contributed by atoms with Crippen molar-refractivity contribution in [3.05, 3.63) is 47.3 Å². The fourth-order valence-corrected chi connectivity index (χ4v) is 2.66. The quantitative estimate of drug-likeness (QED) is 0.900. The van der Waals surface area contributed by atoms with Gasteiger partial charge in [0.15, 0.2) is 0 Å². The lowest BCUT2D eigenvalue weighted by Gasteiger charge is -2.23. The van der Waals surface area contributed by atoms with E-state index in [-0.39, 0.29) is 24.4 Å². The number of likely N-dealkylation sites (N-methyl/N-ethyl adjacent to an activating group) is 1. The fraction of sp³-hybridized carbons (Fsp3) is 0.389. The third kappa shape index (κ3) is 3.74. The Kier molecular flexibility index (Phi) is 6.87. The molecule has 0 bridgehead atoms. The lowest BCUT2D eigenvalue weighted by atomic mass is 10.2. The number of benzene rings is 1. The Labute approximate surface area is 149 Å². The molecule has 0 spiro atoms. The van der Waals surface area contributed by atoms with E-state index in [1.807, 2.05) is 51.1 Å². The zero-order valence-electron chi connectivity index (χ0n) is 14.9. The van der Waals surface area contributed by atoms with Crippen LogP contribution < -0.4 is 10.5 Å². The maximum absolute atomic E-state index is 12.7. The average molecular weight is 352 g/mol. The van der Waals surface area contributed by atoms with Gasteiger partial charge in [-0.1, -0.05) is 0 Å². The summed E-state index contributed by atoms with van der Waals surface area (Å²) in [6.07, 6.45) is 0. The molecule has 1 heterocycles. The van der Waals surface area contributed by atoms with Gasteiger partial charge in [-0.25, -0.2) is 0 Å². The molecule has 5 nitrogen and oxygen atoms in total. The molecule has 1 unspecified atom stereocenters. The van der Waals surface area contributed by atoms with Gasteiger partial charge < -0.3 is 19.9 Å². The van der Waals surface area contributed by atoms with Gasteiger partial charge in [0.2, 0.25) is 0 Å². The molecule has 1 aromatic heterocycles. The van der Waals surface area contributed by atoms with Gasteiger partial charge in [0.05, 0.1) is 12.7 Å². The maximum atomic E-state index is 12.7. The molecule has 2 N–H and O–H groups in total. The van der Waals surface area contributed by atoms with Crippen molar-refractivity contribution in [2.24, 2.45) is 5.73 Å². The molecule has 0 fully saturated rings. The molecule has 2 rings (SSSR count). The second kappa shape index (κ2) is 8.22. The van der Waals surface area contributed by atoms with Gasteiger partial charge in [0, 0.05) is 36.7 Å². The molecule has 0 saturated heterocycles. The van der Waals surface area contributed by atoms with Crippen LogP contribution in [0.15, 0.2) is 30.3 Å². The van der Waals surface area contributed by atoms with Crippen LogP contribution in [-0.4, -0.2) is 42.1 Å². The standard InChI is InChI=1S/C18H25N3O2.ClH/c1-12-10-17(18(22)20(4)13(2)11-19)14(3)21(12)15-6-8-16(23-5)9-7-15;/h6-10,13H,11,19H2,1-5H3;1H. The van der Waals surface area contributed by atoms with Crippen LogP contribution in [0, 0.1) is 13.8 Å². The summed E-state index contributed by atoms with van der Waals surface area (Å²) in [6, 6.07) is 9.74.